The molecular formula is C14H16FN3O2. The zero-order valence-electron chi connectivity index (χ0n) is 11.0. The maximum Gasteiger partial charge on any atom is 0.246 e. The van der Waals surface area contributed by atoms with Crippen molar-refractivity contribution in [2.75, 3.05) is 18.8 Å². The van der Waals surface area contributed by atoms with Crippen molar-refractivity contribution in [3.05, 3.63) is 29.6 Å². The highest BCUT2D eigenvalue weighted by atomic mass is 19.1. The van der Waals surface area contributed by atoms with E-state index in [4.69, 9.17) is 5.73 Å². The first-order chi connectivity index (χ1) is 9.58. The van der Waals surface area contributed by atoms with Gasteiger partial charge in [-0.3, -0.25) is 9.59 Å². The third-order valence-corrected chi connectivity index (χ3v) is 3.97. The Hall–Kier alpha value is -2.11. The summed E-state index contributed by atoms with van der Waals surface area (Å²) in [5.74, 6) is -0.665. The number of carbonyl (C=O) groups is 2. The van der Waals surface area contributed by atoms with Crippen molar-refractivity contribution in [2.45, 2.75) is 25.4 Å². The van der Waals surface area contributed by atoms with E-state index in [9.17, 15) is 14.0 Å². The Bertz CT molecular complexity index is 576. The van der Waals surface area contributed by atoms with Gasteiger partial charge in [0, 0.05) is 18.7 Å². The van der Waals surface area contributed by atoms with Crippen molar-refractivity contribution in [3.8, 4) is 0 Å². The van der Waals surface area contributed by atoms with Crippen LogP contribution in [0.1, 0.15) is 18.4 Å². The van der Waals surface area contributed by atoms with Crippen LogP contribution < -0.4 is 5.73 Å². The maximum absolute atomic E-state index is 13.9. The Morgan fingerprint density at radius 3 is 2.95 bits per heavy atom. The molecule has 6 heteroatoms. The molecule has 2 amide bonds. The largest absolute Gasteiger partial charge is 0.396 e. The smallest absolute Gasteiger partial charge is 0.246 e. The summed E-state index contributed by atoms with van der Waals surface area (Å²) in [5, 5.41) is 0. The Balaban J connectivity index is 1.82. The van der Waals surface area contributed by atoms with Crippen LogP contribution in [-0.2, 0) is 16.1 Å². The average Bonchev–Trinajstić information content (AvgIpc) is 2.91. The number of nitrogen functional groups attached to an aromatic ring is 1. The van der Waals surface area contributed by atoms with Crippen LogP contribution >= 0.6 is 0 Å². The SMILES string of the molecule is Nc1cccc(CN2CC(=O)N3CCCC3C2=O)c1F. The summed E-state index contributed by atoms with van der Waals surface area (Å²) in [4.78, 5) is 27.4. The van der Waals surface area contributed by atoms with E-state index in [2.05, 4.69) is 0 Å². The number of amides is 2. The molecule has 2 N–H and O–H groups in total. The first kappa shape index (κ1) is 12.9. The fraction of sp³-hybridized carbons (Fsp3) is 0.429. The van der Waals surface area contributed by atoms with Gasteiger partial charge in [-0.05, 0) is 18.9 Å². The van der Waals surface area contributed by atoms with Crippen molar-refractivity contribution in [3.63, 3.8) is 0 Å². The van der Waals surface area contributed by atoms with E-state index in [1.807, 2.05) is 0 Å². The van der Waals surface area contributed by atoms with Crippen LogP contribution in [0.25, 0.3) is 0 Å². The molecule has 2 aliphatic rings. The summed E-state index contributed by atoms with van der Waals surface area (Å²) in [6.07, 6.45) is 1.54. The normalized spacial score (nSPS) is 22.4. The minimum atomic E-state index is -0.512. The highest BCUT2D eigenvalue weighted by Gasteiger charge is 2.41. The molecule has 0 aliphatic carbocycles. The van der Waals surface area contributed by atoms with Crippen LogP contribution in [0.5, 0.6) is 0 Å². The summed E-state index contributed by atoms with van der Waals surface area (Å²) < 4.78 is 13.9. The third kappa shape index (κ3) is 2.01. The Morgan fingerprint density at radius 2 is 2.15 bits per heavy atom. The second-order valence-corrected chi connectivity index (χ2v) is 5.26. The number of carbonyl (C=O) groups excluding carboxylic acids is 2. The summed E-state index contributed by atoms with van der Waals surface area (Å²) >= 11 is 0. The van der Waals surface area contributed by atoms with Crippen molar-refractivity contribution in [1.82, 2.24) is 9.80 Å². The number of fused-ring (bicyclic) bond motifs is 1. The molecule has 0 bridgehead atoms. The van der Waals surface area contributed by atoms with Gasteiger partial charge < -0.3 is 15.5 Å². The number of halogens is 1. The van der Waals surface area contributed by atoms with Gasteiger partial charge >= 0.3 is 0 Å². The fourth-order valence-corrected chi connectivity index (χ4v) is 2.93. The molecule has 0 spiro atoms. The number of benzene rings is 1. The number of piperazine rings is 1. The molecule has 0 radical (unpaired) electrons. The van der Waals surface area contributed by atoms with E-state index in [-0.39, 0.29) is 36.6 Å². The molecule has 0 aromatic heterocycles. The number of nitrogens with two attached hydrogens (primary N) is 1. The zero-order valence-corrected chi connectivity index (χ0v) is 11.0. The predicted octanol–water partition coefficient (Wildman–Crippen LogP) is 0.741. The van der Waals surface area contributed by atoms with Crippen LogP contribution in [0.15, 0.2) is 18.2 Å². The molecule has 5 nitrogen and oxygen atoms in total. The van der Waals surface area contributed by atoms with Crippen LogP contribution in [0.3, 0.4) is 0 Å². The Labute approximate surface area is 116 Å². The van der Waals surface area contributed by atoms with Gasteiger partial charge in [-0.15, -0.1) is 0 Å². The van der Waals surface area contributed by atoms with E-state index in [0.29, 0.717) is 18.5 Å². The van der Waals surface area contributed by atoms with Crippen molar-refractivity contribution >= 4 is 17.5 Å². The molecule has 1 aromatic rings. The van der Waals surface area contributed by atoms with Crippen molar-refractivity contribution in [1.29, 1.82) is 0 Å². The molecule has 20 heavy (non-hydrogen) atoms. The summed E-state index contributed by atoms with van der Waals surface area (Å²) in [5.41, 5.74) is 5.92. The van der Waals surface area contributed by atoms with Crippen LogP contribution in [-0.4, -0.2) is 40.7 Å². The number of anilines is 1. The molecule has 2 saturated heterocycles. The number of hydrogen-bond donors (Lipinski definition) is 1. The van der Waals surface area contributed by atoms with Gasteiger partial charge in [-0.2, -0.15) is 0 Å². The van der Waals surface area contributed by atoms with E-state index in [0.717, 1.165) is 6.42 Å². The molecule has 2 fully saturated rings. The molecule has 2 aliphatic heterocycles. The average molecular weight is 277 g/mol. The monoisotopic (exact) mass is 277 g/mol. The first-order valence-corrected chi connectivity index (χ1v) is 6.69. The molecule has 0 saturated carbocycles. The lowest BCUT2D eigenvalue weighted by Gasteiger charge is -2.36. The summed E-state index contributed by atoms with van der Waals surface area (Å²) in [6, 6.07) is 4.34. The van der Waals surface area contributed by atoms with Crippen molar-refractivity contribution < 1.29 is 14.0 Å². The lowest BCUT2D eigenvalue weighted by molar-refractivity contribution is -0.154. The number of rotatable bonds is 2. The Kier molecular flexibility index (Phi) is 3.08. The highest BCUT2D eigenvalue weighted by Crippen LogP contribution is 2.25. The molecule has 1 aromatic carbocycles. The first-order valence-electron chi connectivity index (χ1n) is 6.69. The van der Waals surface area contributed by atoms with Gasteiger partial charge in [0.15, 0.2) is 5.82 Å². The summed E-state index contributed by atoms with van der Waals surface area (Å²) in [7, 11) is 0. The van der Waals surface area contributed by atoms with Gasteiger partial charge in [-0.25, -0.2) is 4.39 Å². The van der Waals surface area contributed by atoms with Crippen molar-refractivity contribution in [2.24, 2.45) is 0 Å². The second kappa shape index (κ2) is 4.77. The minimum absolute atomic E-state index is 0.0174. The van der Waals surface area contributed by atoms with Gasteiger partial charge in [0.1, 0.15) is 12.6 Å². The van der Waals surface area contributed by atoms with E-state index >= 15 is 0 Å². The Morgan fingerprint density at radius 1 is 1.35 bits per heavy atom. The van der Waals surface area contributed by atoms with Crippen LogP contribution in [0.4, 0.5) is 10.1 Å². The highest BCUT2D eigenvalue weighted by molar-refractivity contribution is 5.95. The summed E-state index contributed by atoms with van der Waals surface area (Å²) in [6.45, 7) is 0.755. The third-order valence-electron chi connectivity index (χ3n) is 3.97. The van der Waals surface area contributed by atoms with E-state index in [1.165, 1.54) is 11.0 Å². The second-order valence-electron chi connectivity index (χ2n) is 5.26. The standard InChI is InChI=1S/C14H16FN3O2/c15-13-9(3-1-4-10(13)16)7-17-8-12(19)18-6-2-5-11(18)14(17)20/h1,3-4,11H,2,5-8,16H2. The lowest BCUT2D eigenvalue weighted by atomic mass is 10.1. The molecule has 3 rings (SSSR count). The van der Waals surface area contributed by atoms with E-state index in [1.54, 1.807) is 17.0 Å². The zero-order chi connectivity index (χ0) is 14.3. The number of hydrogen-bond acceptors (Lipinski definition) is 3. The minimum Gasteiger partial charge on any atom is -0.396 e. The van der Waals surface area contributed by atoms with E-state index < -0.39 is 5.82 Å². The quantitative estimate of drug-likeness (QED) is 0.811. The molecule has 1 unspecified atom stereocenters. The predicted molar refractivity (Wildman–Crippen MR) is 71.0 cm³/mol. The van der Waals surface area contributed by atoms with Gasteiger partial charge in [0.2, 0.25) is 11.8 Å². The maximum atomic E-state index is 13.9. The molecule has 1 atom stereocenters. The van der Waals surface area contributed by atoms with Gasteiger partial charge in [0.25, 0.3) is 0 Å². The lowest BCUT2D eigenvalue weighted by Crippen LogP contribution is -2.56. The molecule has 106 valence electrons. The molecular weight excluding hydrogens is 261 g/mol. The van der Waals surface area contributed by atoms with Gasteiger partial charge in [0.05, 0.1) is 5.69 Å². The van der Waals surface area contributed by atoms with Crippen LogP contribution in [0.2, 0.25) is 0 Å². The van der Waals surface area contributed by atoms with Crippen LogP contribution in [0, 0.1) is 5.82 Å². The molecule has 2 heterocycles. The fourth-order valence-electron chi connectivity index (χ4n) is 2.93. The topological polar surface area (TPSA) is 66.6 Å². The van der Waals surface area contributed by atoms with Gasteiger partial charge in [-0.1, -0.05) is 12.1 Å². The number of nitrogens with zero attached hydrogens (tertiary/aromatic N) is 2.